The van der Waals surface area contributed by atoms with Gasteiger partial charge in [0.2, 0.25) is 0 Å². The minimum absolute atomic E-state index is 0.145. The Bertz CT molecular complexity index is 1040. The molecule has 5 nitrogen and oxygen atoms in total. The number of aromatic hydroxyl groups is 1. The van der Waals surface area contributed by atoms with Crippen LogP contribution < -0.4 is 5.32 Å². The number of phenolic OH excluding ortho intramolecular Hbond substituents is 1. The van der Waals surface area contributed by atoms with E-state index >= 15 is 0 Å². The zero-order valence-corrected chi connectivity index (χ0v) is 16.3. The molecule has 1 amide bonds. The van der Waals surface area contributed by atoms with Crippen LogP contribution in [0.4, 0.5) is 8.78 Å². The van der Waals surface area contributed by atoms with Crippen molar-refractivity contribution in [3.8, 4) is 5.75 Å². The van der Waals surface area contributed by atoms with Crippen LogP contribution in [-0.2, 0) is 0 Å². The number of carbonyl (C=O) groups excluding carboxylic acids is 1. The van der Waals surface area contributed by atoms with E-state index in [9.17, 15) is 13.6 Å². The number of fused-ring (bicyclic) bond motifs is 1. The lowest BCUT2D eigenvalue weighted by molar-refractivity contribution is 0.0940. The van der Waals surface area contributed by atoms with Gasteiger partial charge in [-0.05, 0) is 61.9 Å². The van der Waals surface area contributed by atoms with Crippen molar-refractivity contribution < 1.29 is 18.7 Å². The van der Waals surface area contributed by atoms with Crippen molar-refractivity contribution in [2.75, 3.05) is 6.54 Å². The molecule has 0 aliphatic heterocycles. The highest BCUT2D eigenvalue weighted by molar-refractivity contribution is 6.31. The number of carbonyl (C=O) groups is 1. The molecular weight excluding hydrogens is 400 g/mol. The molecular formula is C21H20ClF2N3O2. The lowest BCUT2D eigenvalue weighted by Gasteiger charge is -2.28. The molecule has 4 rings (SSSR count). The SMILES string of the molecule is O=C(NCC1CCC(n2cc3cc(Cl)ccc3n2)CC1)c1cc(F)c(O)c(F)c1. The zero-order valence-electron chi connectivity index (χ0n) is 15.5. The molecule has 1 heterocycles. The third-order valence-electron chi connectivity index (χ3n) is 5.50. The Labute approximate surface area is 171 Å². The van der Waals surface area contributed by atoms with Crippen LogP contribution in [0.2, 0.25) is 5.02 Å². The Morgan fingerprint density at radius 1 is 1.17 bits per heavy atom. The van der Waals surface area contributed by atoms with Crippen molar-refractivity contribution in [2.45, 2.75) is 31.7 Å². The number of benzene rings is 2. The van der Waals surface area contributed by atoms with Crippen LogP contribution in [0.25, 0.3) is 10.9 Å². The van der Waals surface area contributed by atoms with Crippen molar-refractivity contribution in [3.63, 3.8) is 0 Å². The van der Waals surface area contributed by atoms with Gasteiger partial charge in [-0.3, -0.25) is 9.48 Å². The van der Waals surface area contributed by atoms with E-state index in [1.54, 1.807) is 0 Å². The Morgan fingerprint density at radius 3 is 2.55 bits per heavy atom. The standard InChI is InChI=1S/C21H20ClF2N3O2/c22-15-3-6-19-14(7-15)11-27(26-19)16-4-1-12(2-5-16)10-25-21(29)13-8-17(23)20(28)18(24)9-13/h3,6-9,11-12,16,28H,1-2,4-5,10H2,(H,25,29). The average Bonchev–Trinajstić information content (AvgIpc) is 3.13. The van der Waals surface area contributed by atoms with Crippen molar-refractivity contribution in [1.29, 1.82) is 0 Å². The summed E-state index contributed by atoms with van der Waals surface area (Å²) >= 11 is 6.04. The highest BCUT2D eigenvalue weighted by Crippen LogP contribution is 2.33. The van der Waals surface area contributed by atoms with Crippen molar-refractivity contribution in [1.82, 2.24) is 15.1 Å². The quantitative estimate of drug-likeness (QED) is 0.636. The third kappa shape index (κ3) is 4.19. The Balaban J connectivity index is 1.32. The summed E-state index contributed by atoms with van der Waals surface area (Å²) in [6.45, 7) is 0.437. The van der Waals surface area contributed by atoms with Crippen LogP contribution in [0.15, 0.2) is 36.5 Å². The maximum Gasteiger partial charge on any atom is 0.251 e. The molecule has 152 valence electrons. The second-order valence-electron chi connectivity index (χ2n) is 7.49. The summed E-state index contributed by atoms with van der Waals surface area (Å²) in [5, 5.41) is 18.2. The molecule has 29 heavy (non-hydrogen) atoms. The predicted molar refractivity (Wildman–Crippen MR) is 106 cm³/mol. The van der Waals surface area contributed by atoms with Crippen molar-refractivity contribution in [3.05, 3.63) is 58.7 Å². The zero-order chi connectivity index (χ0) is 20.5. The summed E-state index contributed by atoms with van der Waals surface area (Å²) in [6, 6.07) is 7.60. The van der Waals surface area contributed by atoms with Gasteiger partial charge in [-0.25, -0.2) is 8.78 Å². The number of halogens is 3. The number of phenols is 1. The fourth-order valence-corrected chi connectivity index (χ4v) is 4.03. The molecule has 1 aliphatic rings. The molecule has 1 saturated carbocycles. The van der Waals surface area contributed by atoms with Crippen LogP contribution in [0.1, 0.15) is 42.1 Å². The van der Waals surface area contributed by atoms with Gasteiger partial charge in [0.25, 0.3) is 5.91 Å². The van der Waals surface area contributed by atoms with E-state index in [1.165, 1.54) is 0 Å². The maximum atomic E-state index is 13.4. The second kappa shape index (κ2) is 7.99. The van der Waals surface area contributed by atoms with E-state index < -0.39 is 23.3 Å². The molecule has 1 aromatic heterocycles. The summed E-state index contributed by atoms with van der Waals surface area (Å²) in [5.41, 5.74) is 0.769. The average molecular weight is 420 g/mol. The number of hydrogen-bond donors (Lipinski definition) is 2. The fraction of sp³-hybridized carbons (Fsp3) is 0.333. The third-order valence-corrected chi connectivity index (χ3v) is 5.74. The van der Waals surface area contributed by atoms with Crippen LogP contribution in [0.3, 0.4) is 0 Å². The smallest absolute Gasteiger partial charge is 0.251 e. The number of nitrogens with zero attached hydrogens (tertiary/aromatic N) is 2. The summed E-state index contributed by atoms with van der Waals surface area (Å²) < 4.78 is 28.8. The first-order chi connectivity index (χ1) is 13.9. The molecule has 0 radical (unpaired) electrons. The number of nitrogens with one attached hydrogen (secondary N) is 1. The largest absolute Gasteiger partial charge is 0.503 e. The van der Waals surface area contributed by atoms with Crippen molar-refractivity contribution in [2.24, 2.45) is 5.92 Å². The normalized spacial score (nSPS) is 19.4. The van der Waals surface area contributed by atoms with Gasteiger partial charge in [0, 0.05) is 28.7 Å². The highest BCUT2D eigenvalue weighted by Gasteiger charge is 2.24. The van der Waals surface area contributed by atoms with E-state index in [2.05, 4.69) is 10.4 Å². The van der Waals surface area contributed by atoms with Gasteiger partial charge in [-0.1, -0.05) is 11.6 Å². The molecule has 0 saturated heterocycles. The van der Waals surface area contributed by atoms with E-state index in [4.69, 9.17) is 16.7 Å². The Kier molecular flexibility index (Phi) is 5.41. The fourth-order valence-electron chi connectivity index (χ4n) is 3.85. The van der Waals surface area contributed by atoms with Gasteiger partial charge in [-0.2, -0.15) is 5.10 Å². The first kappa shape index (κ1) is 19.6. The van der Waals surface area contributed by atoms with Crippen LogP contribution in [0.5, 0.6) is 5.75 Å². The summed E-state index contributed by atoms with van der Waals surface area (Å²) in [6.07, 6.45) is 5.72. The van der Waals surface area contributed by atoms with Gasteiger partial charge in [0.15, 0.2) is 17.4 Å². The molecule has 2 N–H and O–H groups in total. The molecule has 0 spiro atoms. The minimum Gasteiger partial charge on any atom is -0.503 e. The van der Waals surface area contributed by atoms with E-state index in [-0.39, 0.29) is 5.56 Å². The lowest BCUT2D eigenvalue weighted by Crippen LogP contribution is -2.31. The van der Waals surface area contributed by atoms with Gasteiger partial charge in [0.1, 0.15) is 0 Å². The molecule has 1 aliphatic carbocycles. The number of aromatic nitrogens is 2. The number of rotatable bonds is 4. The highest BCUT2D eigenvalue weighted by atomic mass is 35.5. The lowest BCUT2D eigenvalue weighted by atomic mass is 9.86. The van der Waals surface area contributed by atoms with Gasteiger partial charge in [-0.15, -0.1) is 0 Å². The predicted octanol–water partition coefficient (Wildman–Crippen LogP) is 4.83. The second-order valence-corrected chi connectivity index (χ2v) is 7.92. The molecule has 8 heteroatoms. The summed E-state index contributed by atoms with van der Waals surface area (Å²) in [5.74, 6) is -3.64. The Hall–Kier alpha value is -2.67. The molecule has 0 atom stereocenters. The molecule has 0 unspecified atom stereocenters. The maximum absolute atomic E-state index is 13.4. The van der Waals surface area contributed by atoms with Gasteiger partial charge in [0.05, 0.1) is 11.6 Å². The van der Waals surface area contributed by atoms with Gasteiger partial charge < -0.3 is 10.4 Å². The minimum atomic E-state index is -1.15. The molecule has 1 fully saturated rings. The van der Waals surface area contributed by atoms with E-state index in [0.29, 0.717) is 23.5 Å². The molecule has 0 bridgehead atoms. The Morgan fingerprint density at radius 2 is 1.86 bits per heavy atom. The molecule has 3 aromatic rings. The van der Waals surface area contributed by atoms with Crippen LogP contribution in [0, 0.1) is 17.6 Å². The van der Waals surface area contributed by atoms with E-state index in [1.807, 2.05) is 29.1 Å². The first-order valence-corrected chi connectivity index (χ1v) is 9.89. The van der Waals surface area contributed by atoms with Crippen LogP contribution in [-0.4, -0.2) is 27.3 Å². The topological polar surface area (TPSA) is 67.2 Å². The summed E-state index contributed by atoms with van der Waals surface area (Å²) in [4.78, 5) is 12.2. The molecule has 2 aromatic carbocycles. The van der Waals surface area contributed by atoms with Crippen LogP contribution >= 0.6 is 11.6 Å². The van der Waals surface area contributed by atoms with Gasteiger partial charge >= 0.3 is 0 Å². The number of amides is 1. The summed E-state index contributed by atoms with van der Waals surface area (Å²) in [7, 11) is 0. The monoisotopic (exact) mass is 419 g/mol. The van der Waals surface area contributed by atoms with Crippen molar-refractivity contribution >= 4 is 28.4 Å². The number of hydrogen-bond acceptors (Lipinski definition) is 3. The first-order valence-electron chi connectivity index (χ1n) is 9.51. The van der Waals surface area contributed by atoms with E-state index in [0.717, 1.165) is 48.7 Å².